The van der Waals surface area contributed by atoms with Crippen molar-refractivity contribution in [3.63, 3.8) is 0 Å². The number of carbonyl (C=O) groups excluding carboxylic acids is 1. The monoisotopic (exact) mass is 336 g/mol. The van der Waals surface area contributed by atoms with E-state index >= 15 is 0 Å². The predicted octanol–water partition coefficient (Wildman–Crippen LogP) is 1.83. The van der Waals surface area contributed by atoms with Crippen LogP contribution in [0.5, 0.6) is 0 Å². The summed E-state index contributed by atoms with van der Waals surface area (Å²) in [6.07, 6.45) is -1.32. The van der Waals surface area contributed by atoms with Gasteiger partial charge < -0.3 is 19.7 Å². The minimum Gasteiger partial charge on any atom is -0.458 e. The van der Waals surface area contributed by atoms with Crippen LogP contribution in [0, 0.1) is 23.2 Å². The van der Waals surface area contributed by atoms with Gasteiger partial charge in [0, 0.05) is 29.9 Å². The normalized spacial score (nSPS) is 45.2. The first-order valence-corrected chi connectivity index (χ1v) is 8.73. The average Bonchev–Trinajstić information content (AvgIpc) is 2.78. The van der Waals surface area contributed by atoms with Gasteiger partial charge in [0.2, 0.25) is 0 Å². The molecule has 3 fully saturated rings. The summed E-state index contributed by atoms with van der Waals surface area (Å²) >= 11 is 0. The Hall–Kier alpha value is -1.17. The van der Waals surface area contributed by atoms with Crippen LogP contribution in [0.15, 0.2) is 24.3 Å². The van der Waals surface area contributed by atoms with Crippen molar-refractivity contribution in [1.29, 1.82) is 0 Å². The van der Waals surface area contributed by atoms with Gasteiger partial charge in [-0.15, -0.1) is 0 Å². The molecular formula is C19H28O5. The van der Waals surface area contributed by atoms with Gasteiger partial charge >= 0.3 is 5.97 Å². The molecular weight excluding hydrogens is 308 g/mol. The maximum atomic E-state index is 12.1. The van der Waals surface area contributed by atoms with Crippen molar-refractivity contribution in [3.8, 4) is 0 Å². The number of fused-ring (bicyclic) bond motifs is 3. The maximum Gasteiger partial charge on any atom is 0.334 e. The van der Waals surface area contributed by atoms with Gasteiger partial charge in [0.25, 0.3) is 0 Å². The van der Waals surface area contributed by atoms with Gasteiger partial charge in [-0.05, 0) is 17.9 Å². The first-order chi connectivity index (χ1) is 11.2. The topological polar surface area (TPSA) is 76.0 Å². The Morgan fingerprint density at radius 2 is 2.04 bits per heavy atom. The zero-order chi connectivity index (χ0) is 17.8. The predicted molar refractivity (Wildman–Crippen MR) is 89.1 cm³/mol. The lowest BCUT2D eigenvalue weighted by molar-refractivity contribution is -0.176. The van der Waals surface area contributed by atoms with Crippen LogP contribution in [-0.2, 0) is 14.3 Å². The fourth-order valence-corrected chi connectivity index (χ4v) is 4.68. The quantitative estimate of drug-likeness (QED) is 0.467. The van der Waals surface area contributed by atoms with Gasteiger partial charge in [0.15, 0.2) is 0 Å². The SMILES string of the molecule is C=C1C(=O)O[C@H]2[C@H]1[C@H](OCC(C)C)C[C@@]1(C)[C@H](O)C[C@H](O)C(=C)[C@H]21. The molecule has 0 amide bonds. The van der Waals surface area contributed by atoms with E-state index < -0.39 is 29.7 Å². The van der Waals surface area contributed by atoms with Crippen LogP contribution in [0.3, 0.4) is 0 Å². The molecule has 1 saturated heterocycles. The van der Waals surface area contributed by atoms with Crippen molar-refractivity contribution >= 4 is 5.97 Å². The zero-order valence-corrected chi connectivity index (χ0v) is 14.7. The summed E-state index contributed by atoms with van der Waals surface area (Å²) in [4.78, 5) is 12.1. The number of esters is 1. The molecule has 2 N–H and O–H groups in total. The second-order valence-corrected chi connectivity index (χ2v) is 8.22. The molecule has 0 aromatic carbocycles. The van der Waals surface area contributed by atoms with E-state index in [0.29, 0.717) is 30.1 Å². The summed E-state index contributed by atoms with van der Waals surface area (Å²) in [5, 5.41) is 20.9. The van der Waals surface area contributed by atoms with E-state index in [1.165, 1.54) is 0 Å². The van der Waals surface area contributed by atoms with Crippen LogP contribution in [0.25, 0.3) is 0 Å². The van der Waals surface area contributed by atoms with Gasteiger partial charge in [-0.1, -0.05) is 33.9 Å². The Bertz CT molecular complexity index is 568. The van der Waals surface area contributed by atoms with E-state index in [4.69, 9.17) is 9.47 Å². The first kappa shape index (κ1) is 17.6. The molecule has 134 valence electrons. The Balaban J connectivity index is 1.98. The van der Waals surface area contributed by atoms with Crippen LogP contribution >= 0.6 is 0 Å². The number of aliphatic hydroxyl groups excluding tert-OH is 2. The van der Waals surface area contributed by atoms with Crippen molar-refractivity contribution in [3.05, 3.63) is 24.3 Å². The minimum absolute atomic E-state index is 0.227. The molecule has 7 atom stereocenters. The molecule has 5 heteroatoms. The third kappa shape index (κ3) is 2.54. The highest BCUT2D eigenvalue weighted by Crippen LogP contribution is 2.57. The zero-order valence-electron chi connectivity index (χ0n) is 14.7. The molecule has 0 aromatic heterocycles. The molecule has 5 nitrogen and oxygen atoms in total. The number of carbonyl (C=O) groups is 1. The van der Waals surface area contributed by atoms with Crippen LogP contribution < -0.4 is 0 Å². The van der Waals surface area contributed by atoms with Crippen LogP contribution in [0.2, 0.25) is 0 Å². The van der Waals surface area contributed by atoms with E-state index in [1.54, 1.807) is 0 Å². The summed E-state index contributed by atoms with van der Waals surface area (Å²) in [6.45, 7) is 14.7. The highest BCUT2D eigenvalue weighted by molar-refractivity contribution is 5.91. The average molecular weight is 336 g/mol. The molecule has 1 heterocycles. The fourth-order valence-electron chi connectivity index (χ4n) is 4.68. The molecule has 3 rings (SSSR count). The number of hydrogen-bond acceptors (Lipinski definition) is 5. The summed E-state index contributed by atoms with van der Waals surface area (Å²) in [7, 11) is 0. The number of aliphatic hydroxyl groups is 2. The second-order valence-electron chi connectivity index (χ2n) is 8.22. The largest absolute Gasteiger partial charge is 0.458 e. The summed E-state index contributed by atoms with van der Waals surface area (Å²) in [6, 6.07) is 0. The van der Waals surface area contributed by atoms with Crippen molar-refractivity contribution in [1.82, 2.24) is 0 Å². The van der Waals surface area contributed by atoms with E-state index in [2.05, 4.69) is 27.0 Å². The van der Waals surface area contributed by atoms with Crippen molar-refractivity contribution < 1.29 is 24.5 Å². The highest BCUT2D eigenvalue weighted by atomic mass is 16.6. The molecule has 0 radical (unpaired) electrons. The fraction of sp³-hybridized carbons (Fsp3) is 0.737. The lowest BCUT2D eigenvalue weighted by Crippen LogP contribution is -2.60. The van der Waals surface area contributed by atoms with Crippen LogP contribution in [-0.4, -0.2) is 47.2 Å². The lowest BCUT2D eigenvalue weighted by Gasteiger charge is -2.55. The molecule has 1 aliphatic heterocycles. The number of ether oxygens (including phenoxy) is 2. The number of hydrogen-bond donors (Lipinski definition) is 2. The van der Waals surface area contributed by atoms with Gasteiger partial charge in [-0.2, -0.15) is 0 Å². The Kier molecular flexibility index (Phi) is 4.39. The highest BCUT2D eigenvalue weighted by Gasteiger charge is 2.62. The van der Waals surface area contributed by atoms with Gasteiger partial charge in [0.05, 0.1) is 24.2 Å². The molecule has 2 aliphatic carbocycles. The molecule has 3 aliphatic rings. The molecule has 24 heavy (non-hydrogen) atoms. The Labute approximate surface area is 143 Å². The third-order valence-corrected chi connectivity index (χ3v) is 6.02. The minimum atomic E-state index is -0.778. The standard InChI is InChI=1S/C19H28O5/c1-9(2)8-23-13-7-19(5)14(21)6-12(20)10(3)16(19)17-15(13)11(4)18(22)24-17/h9,12-17,20-21H,3-4,6-8H2,1-2,5H3/t12-,13+,14+,15+,16+,17-,19-/m0/s1. The summed E-state index contributed by atoms with van der Waals surface area (Å²) in [5.41, 5.74) is 0.532. The number of rotatable bonds is 3. The second kappa shape index (κ2) is 5.97. The molecule has 0 bridgehead atoms. The van der Waals surface area contributed by atoms with E-state index in [1.807, 2.05) is 6.92 Å². The van der Waals surface area contributed by atoms with Gasteiger partial charge in [0.1, 0.15) is 6.10 Å². The van der Waals surface area contributed by atoms with E-state index in [9.17, 15) is 15.0 Å². The molecule has 0 unspecified atom stereocenters. The Morgan fingerprint density at radius 3 is 2.67 bits per heavy atom. The Morgan fingerprint density at radius 1 is 1.38 bits per heavy atom. The van der Waals surface area contributed by atoms with Crippen molar-refractivity contribution in [2.75, 3.05) is 6.61 Å². The van der Waals surface area contributed by atoms with Crippen molar-refractivity contribution in [2.45, 2.75) is 58.0 Å². The van der Waals surface area contributed by atoms with Crippen LogP contribution in [0.1, 0.15) is 33.6 Å². The smallest absolute Gasteiger partial charge is 0.334 e. The van der Waals surface area contributed by atoms with Crippen molar-refractivity contribution in [2.24, 2.45) is 23.2 Å². The molecule has 0 spiro atoms. The van der Waals surface area contributed by atoms with E-state index in [-0.39, 0.29) is 24.4 Å². The van der Waals surface area contributed by atoms with E-state index in [0.717, 1.165) is 0 Å². The molecule has 2 saturated carbocycles. The first-order valence-electron chi connectivity index (χ1n) is 8.73. The third-order valence-electron chi connectivity index (χ3n) is 6.02. The lowest BCUT2D eigenvalue weighted by atomic mass is 9.53. The van der Waals surface area contributed by atoms with Gasteiger partial charge in [-0.3, -0.25) is 0 Å². The summed E-state index contributed by atoms with van der Waals surface area (Å²) < 4.78 is 11.7. The maximum absolute atomic E-state index is 12.1. The van der Waals surface area contributed by atoms with Crippen LogP contribution in [0.4, 0.5) is 0 Å². The summed E-state index contributed by atoms with van der Waals surface area (Å²) in [5.74, 6) is -0.574. The van der Waals surface area contributed by atoms with Gasteiger partial charge in [-0.25, -0.2) is 4.79 Å². The molecule has 0 aromatic rings.